The first-order valence-electron chi connectivity index (χ1n) is 10.5. The van der Waals surface area contributed by atoms with Crippen LogP contribution in [-0.2, 0) is 23.1 Å². The van der Waals surface area contributed by atoms with Gasteiger partial charge in [0.25, 0.3) is 0 Å². The summed E-state index contributed by atoms with van der Waals surface area (Å²) in [7, 11) is 1.59. The van der Waals surface area contributed by atoms with Crippen LogP contribution in [0.15, 0.2) is 54.7 Å². The maximum atomic E-state index is 12.4. The fourth-order valence-corrected chi connectivity index (χ4v) is 4.06. The smallest absolute Gasteiger partial charge is 0.407 e. The summed E-state index contributed by atoms with van der Waals surface area (Å²) in [5.74, 6) is -1.68. The van der Waals surface area contributed by atoms with E-state index in [0.717, 1.165) is 22.3 Å². The number of carboxylic acids is 1. The summed E-state index contributed by atoms with van der Waals surface area (Å²) in [6.07, 6.45) is 0.522. The second kappa shape index (κ2) is 9.15. The average Bonchev–Trinajstić information content (AvgIpc) is 3.33. The molecule has 4 rings (SSSR count). The summed E-state index contributed by atoms with van der Waals surface area (Å²) in [5.41, 5.74) is 4.82. The van der Waals surface area contributed by atoms with Crippen LogP contribution in [0, 0.1) is 0 Å². The standard InChI is InChI=1S/C24H24N4O5/c1-14(22(29)25-12-21-19(23(30)31)11-26-28(21)2)27-24(32)33-13-20-17-9-5-3-7-15(17)16-8-4-6-10-18(16)20/h3-11,14,20H,12-13H2,1-2H3,(H,25,29)(H,27,32)(H,30,31)/t14-/m1/s1. The molecule has 3 aromatic rings. The first-order valence-corrected chi connectivity index (χ1v) is 10.5. The van der Waals surface area contributed by atoms with Crippen molar-refractivity contribution in [3.8, 4) is 11.1 Å². The zero-order valence-electron chi connectivity index (χ0n) is 18.2. The van der Waals surface area contributed by atoms with Crippen molar-refractivity contribution in [2.24, 2.45) is 7.05 Å². The van der Waals surface area contributed by atoms with Crippen molar-refractivity contribution in [2.75, 3.05) is 6.61 Å². The second-order valence-corrected chi connectivity index (χ2v) is 7.84. The van der Waals surface area contributed by atoms with Gasteiger partial charge >= 0.3 is 12.1 Å². The molecule has 1 heterocycles. The molecule has 1 aliphatic carbocycles. The third-order valence-corrected chi connectivity index (χ3v) is 5.79. The molecule has 0 unspecified atom stereocenters. The van der Waals surface area contributed by atoms with Gasteiger partial charge in [0.05, 0.1) is 18.4 Å². The van der Waals surface area contributed by atoms with Crippen LogP contribution < -0.4 is 10.6 Å². The first kappa shape index (κ1) is 22.1. The van der Waals surface area contributed by atoms with E-state index in [4.69, 9.17) is 4.74 Å². The molecule has 0 aliphatic heterocycles. The zero-order chi connectivity index (χ0) is 23.5. The molecule has 0 fully saturated rings. The van der Waals surface area contributed by atoms with Gasteiger partial charge in [0, 0.05) is 13.0 Å². The molecule has 33 heavy (non-hydrogen) atoms. The number of nitrogens with one attached hydrogen (secondary N) is 2. The number of fused-ring (bicyclic) bond motifs is 3. The number of carboxylic acid groups (broad SMARTS) is 1. The molecule has 9 nitrogen and oxygen atoms in total. The Bertz CT molecular complexity index is 1170. The van der Waals surface area contributed by atoms with Crippen LogP contribution in [0.1, 0.15) is 40.0 Å². The number of hydrogen-bond acceptors (Lipinski definition) is 5. The number of aromatic carboxylic acids is 1. The lowest BCUT2D eigenvalue weighted by Gasteiger charge is -2.17. The molecule has 0 saturated heterocycles. The summed E-state index contributed by atoms with van der Waals surface area (Å²) in [6, 6.07) is 15.2. The van der Waals surface area contributed by atoms with Crippen LogP contribution in [0.25, 0.3) is 11.1 Å². The lowest BCUT2D eigenvalue weighted by atomic mass is 9.98. The number of amides is 2. The van der Waals surface area contributed by atoms with Crippen LogP contribution in [-0.4, -0.2) is 45.5 Å². The van der Waals surface area contributed by atoms with E-state index < -0.39 is 24.0 Å². The van der Waals surface area contributed by atoms with E-state index in [-0.39, 0.29) is 24.6 Å². The number of carbonyl (C=O) groups excluding carboxylic acids is 2. The summed E-state index contributed by atoms with van der Waals surface area (Å²) >= 11 is 0. The highest BCUT2D eigenvalue weighted by molar-refractivity contribution is 5.89. The number of carbonyl (C=O) groups is 3. The molecule has 3 N–H and O–H groups in total. The quantitative estimate of drug-likeness (QED) is 0.511. The lowest BCUT2D eigenvalue weighted by Crippen LogP contribution is -2.45. The summed E-state index contributed by atoms with van der Waals surface area (Å²) in [5, 5.41) is 18.2. The highest BCUT2D eigenvalue weighted by Crippen LogP contribution is 2.44. The molecule has 170 valence electrons. The van der Waals surface area contributed by atoms with Gasteiger partial charge in [-0.3, -0.25) is 9.48 Å². The third kappa shape index (κ3) is 4.43. The van der Waals surface area contributed by atoms with Gasteiger partial charge in [0.2, 0.25) is 5.91 Å². The maximum absolute atomic E-state index is 12.4. The van der Waals surface area contributed by atoms with Gasteiger partial charge in [0.1, 0.15) is 18.2 Å². The van der Waals surface area contributed by atoms with Gasteiger partial charge < -0.3 is 20.5 Å². The third-order valence-electron chi connectivity index (χ3n) is 5.79. The molecule has 0 saturated carbocycles. The van der Waals surface area contributed by atoms with Gasteiger partial charge in [-0.1, -0.05) is 48.5 Å². The van der Waals surface area contributed by atoms with E-state index in [1.807, 2.05) is 36.4 Å². The second-order valence-electron chi connectivity index (χ2n) is 7.84. The molecule has 9 heteroatoms. The Morgan fingerprint density at radius 3 is 2.30 bits per heavy atom. The van der Waals surface area contributed by atoms with Crippen LogP contribution in [0.2, 0.25) is 0 Å². The summed E-state index contributed by atoms with van der Waals surface area (Å²) < 4.78 is 6.84. The molecule has 1 aliphatic rings. The molecular formula is C24H24N4O5. The van der Waals surface area contributed by atoms with Crippen LogP contribution >= 0.6 is 0 Å². The molecule has 1 atom stereocenters. The Morgan fingerprint density at radius 2 is 1.70 bits per heavy atom. The monoisotopic (exact) mass is 448 g/mol. The maximum Gasteiger partial charge on any atom is 0.407 e. The van der Waals surface area contributed by atoms with Crippen molar-refractivity contribution in [2.45, 2.75) is 25.4 Å². The normalized spacial score (nSPS) is 13.0. The molecule has 0 radical (unpaired) electrons. The Labute approximate surface area is 190 Å². The molecule has 2 amide bonds. The highest BCUT2D eigenvalue weighted by Gasteiger charge is 2.29. The number of benzene rings is 2. The number of hydrogen-bond donors (Lipinski definition) is 3. The number of ether oxygens (including phenoxy) is 1. The Kier molecular flexibility index (Phi) is 6.12. The van der Waals surface area contributed by atoms with E-state index in [9.17, 15) is 19.5 Å². The number of aryl methyl sites for hydroxylation is 1. The van der Waals surface area contributed by atoms with Gasteiger partial charge in [0.15, 0.2) is 0 Å². The van der Waals surface area contributed by atoms with Crippen LogP contribution in [0.4, 0.5) is 4.79 Å². The summed E-state index contributed by atoms with van der Waals surface area (Å²) in [4.78, 5) is 36.0. The largest absolute Gasteiger partial charge is 0.478 e. The van der Waals surface area contributed by atoms with Gasteiger partial charge in [-0.2, -0.15) is 5.10 Å². The van der Waals surface area contributed by atoms with Crippen molar-refractivity contribution >= 4 is 18.0 Å². The minimum absolute atomic E-state index is 0.00921. The highest BCUT2D eigenvalue weighted by atomic mass is 16.5. The minimum atomic E-state index is -1.13. The van der Waals surface area contributed by atoms with Crippen molar-refractivity contribution in [3.05, 3.63) is 77.1 Å². The van der Waals surface area contributed by atoms with Gasteiger partial charge in [-0.05, 0) is 29.2 Å². The van der Waals surface area contributed by atoms with Crippen molar-refractivity contribution in [3.63, 3.8) is 0 Å². The van der Waals surface area contributed by atoms with Crippen molar-refractivity contribution in [1.29, 1.82) is 0 Å². The Morgan fingerprint density at radius 1 is 1.09 bits per heavy atom. The number of alkyl carbamates (subject to hydrolysis) is 1. The number of aromatic nitrogens is 2. The predicted molar refractivity (Wildman–Crippen MR) is 120 cm³/mol. The van der Waals surface area contributed by atoms with Gasteiger partial charge in [-0.15, -0.1) is 0 Å². The van der Waals surface area contributed by atoms with Crippen molar-refractivity contribution < 1.29 is 24.2 Å². The van der Waals surface area contributed by atoms with E-state index >= 15 is 0 Å². The fraction of sp³-hybridized carbons (Fsp3) is 0.250. The molecular weight excluding hydrogens is 424 g/mol. The van der Waals surface area contributed by atoms with Crippen LogP contribution in [0.3, 0.4) is 0 Å². The van der Waals surface area contributed by atoms with E-state index in [0.29, 0.717) is 5.69 Å². The molecule has 0 spiro atoms. The molecule has 1 aromatic heterocycles. The lowest BCUT2D eigenvalue weighted by molar-refractivity contribution is -0.122. The van der Waals surface area contributed by atoms with Crippen molar-refractivity contribution in [1.82, 2.24) is 20.4 Å². The average molecular weight is 448 g/mol. The Balaban J connectivity index is 1.33. The Hall–Kier alpha value is -4.14. The summed E-state index contributed by atoms with van der Waals surface area (Å²) in [6.45, 7) is 1.64. The topological polar surface area (TPSA) is 123 Å². The predicted octanol–water partition coefficient (Wildman–Crippen LogP) is 2.66. The number of rotatable bonds is 7. The van der Waals surface area contributed by atoms with Crippen LogP contribution in [0.5, 0.6) is 0 Å². The molecule has 2 aromatic carbocycles. The molecule has 0 bridgehead atoms. The SMILES string of the molecule is C[C@@H](NC(=O)OCC1c2ccccc2-c2ccccc21)C(=O)NCc1c(C(=O)O)cnn1C. The van der Waals surface area contributed by atoms with E-state index in [2.05, 4.69) is 27.9 Å². The first-order chi connectivity index (χ1) is 15.9. The van der Waals surface area contributed by atoms with E-state index in [1.165, 1.54) is 17.8 Å². The number of nitrogens with zero attached hydrogens (tertiary/aromatic N) is 2. The van der Waals surface area contributed by atoms with E-state index in [1.54, 1.807) is 7.05 Å². The zero-order valence-corrected chi connectivity index (χ0v) is 18.2. The van der Waals surface area contributed by atoms with Gasteiger partial charge in [-0.25, -0.2) is 9.59 Å². The fourth-order valence-electron chi connectivity index (χ4n) is 4.06. The minimum Gasteiger partial charge on any atom is -0.478 e.